The lowest BCUT2D eigenvalue weighted by Gasteiger charge is -2.11. The summed E-state index contributed by atoms with van der Waals surface area (Å²) in [6.07, 6.45) is -3.89. The topological polar surface area (TPSA) is 24.9 Å². The number of nitrogens with one attached hydrogen (secondary N) is 1. The van der Waals surface area contributed by atoms with E-state index in [-0.39, 0.29) is 12.5 Å². The van der Waals surface area contributed by atoms with Gasteiger partial charge in [-0.3, -0.25) is 0 Å². The van der Waals surface area contributed by atoms with Crippen LogP contribution in [0.25, 0.3) is 0 Å². The molecule has 0 aliphatic rings. The third-order valence-corrected chi connectivity index (χ3v) is 3.99. The van der Waals surface area contributed by atoms with Crippen LogP contribution in [0.15, 0.2) is 0 Å². The van der Waals surface area contributed by atoms with Crippen LogP contribution in [0.2, 0.25) is 0 Å². The van der Waals surface area contributed by atoms with E-state index >= 15 is 0 Å². The Kier molecular flexibility index (Phi) is 5.59. The summed E-state index contributed by atoms with van der Waals surface area (Å²) in [4.78, 5) is 5.26. The first-order chi connectivity index (χ1) is 8.33. The monoisotopic (exact) mass is 280 g/mol. The van der Waals surface area contributed by atoms with Gasteiger partial charge in [0.2, 0.25) is 0 Å². The molecule has 104 valence electrons. The quantitative estimate of drug-likeness (QED) is 0.851. The Morgan fingerprint density at radius 2 is 2.06 bits per heavy atom. The van der Waals surface area contributed by atoms with Crippen molar-refractivity contribution < 1.29 is 13.2 Å². The fourth-order valence-corrected chi connectivity index (χ4v) is 2.77. The molecule has 1 N–H and O–H groups in total. The maximum Gasteiger partial charge on any atom is 0.389 e. The highest BCUT2D eigenvalue weighted by Gasteiger charge is 2.27. The second kappa shape index (κ2) is 6.52. The Balaban J connectivity index is 2.63. The fraction of sp³-hybridized carbons (Fsp3) is 0.750. The van der Waals surface area contributed by atoms with Gasteiger partial charge in [-0.15, -0.1) is 11.3 Å². The maximum atomic E-state index is 12.1. The summed E-state index contributed by atoms with van der Waals surface area (Å²) in [6.45, 7) is 6.85. The van der Waals surface area contributed by atoms with Gasteiger partial charge in [0.05, 0.1) is 10.7 Å². The van der Waals surface area contributed by atoms with Crippen molar-refractivity contribution in [3.05, 3.63) is 15.6 Å². The van der Waals surface area contributed by atoms with Crippen molar-refractivity contribution in [1.82, 2.24) is 10.3 Å². The van der Waals surface area contributed by atoms with E-state index in [1.165, 1.54) is 11.3 Å². The Hall–Kier alpha value is -0.620. The molecule has 6 heteroatoms. The summed E-state index contributed by atoms with van der Waals surface area (Å²) in [5.41, 5.74) is 0.841. The Morgan fingerprint density at radius 3 is 2.61 bits per heavy atom. The van der Waals surface area contributed by atoms with Gasteiger partial charge in [-0.2, -0.15) is 13.2 Å². The molecular formula is C12H19F3N2S. The van der Waals surface area contributed by atoms with Crippen LogP contribution >= 0.6 is 11.3 Å². The third kappa shape index (κ3) is 4.94. The van der Waals surface area contributed by atoms with Crippen LogP contribution in [0.3, 0.4) is 0 Å². The van der Waals surface area contributed by atoms with E-state index in [4.69, 9.17) is 0 Å². The van der Waals surface area contributed by atoms with Crippen LogP contribution < -0.4 is 5.32 Å². The molecule has 1 aromatic rings. The molecule has 0 radical (unpaired) electrons. The molecule has 1 atom stereocenters. The lowest BCUT2D eigenvalue weighted by atomic mass is 10.2. The van der Waals surface area contributed by atoms with Gasteiger partial charge in [-0.25, -0.2) is 4.98 Å². The molecule has 0 amide bonds. The number of nitrogens with zero attached hydrogens (tertiary/aromatic N) is 1. The summed E-state index contributed by atoms with van der Waals surface area (Å²) in [5, 5.41) is 3.90. The van der Waals surface area contributed by atoms with Crippen molar-refractivity contribution in [3.8, 4) is 0 Å². The molecule has 2 nitrogen and oxygen atoms in total. The molecule has 0 spiro atoms. The molecule has 0 aliphatic carbocycles. The molecular weight excluding hydrogens is 261 g/mol. The van der Waals surface area contributed by atoms with E-state index in [2.05, 4.69) is 17.2 Å². The van der Waals surface area contributed by atoms with Crippen LogP contribution in [0, 0.1) is 6.92 Å². The van der Waals surface area contributed by atoms with Gasteiger partial charge in [0.15, 0.2) is 0 Å². The molecule has 1 rings (SSSR count). The van der Waals surface area contributed by atoms with Crippen molar-refractivity contribution in [2.45, 2.75) is 52.3 Å². The number of hydrogen-bond donors (Lipinski definition) is 1. The minimum absolute atomic E-state index is 0.0183. The van der Waals surface area contributed by atoms with Crippen molar-refractivity contribution >= 4 is 11.3 Å². The smallest absolute Gasteiger partial charge is 0.309 e. The predicted octanol–water partition coefficient (Wildman–Crippen LogP) is 4.01. The van der Waals surface area contributed by atoms with E-state index in [0.717, 1.165) is 23.5 Å². The van der Waals surface area contributed by atoms with Crippen LogP contribution in [0.1, 0.15) is 48.3 Å². The summed E-state index contributed by atoms with van der Waals surface area (Å²) in [5.74, 6) is 0. The molecule has 0 saturated carbocycles. The van der Waals surface area contributed by atoms with E-state index in [0.29, 0.717) is 5.01 Å². The van der Waals surface area contributed by atoms with Gasteiger partial charge >= 0.3 is 6.18 Å². The predicted molar refractivity (Wildman–Crippen MR) is 67.9 cm³/mol. The lowest BCUT2D eigenvalue weighted by molar-refractivity contribution is -0.134. The van der Waals surface area contributed by atoms with Gasteiger partial charge < -0.3 is 5.32 Å². The fourth-order valence-electron chi connectivity index (χ4n) is 1.68. The van der Waals surface area contributed by atoms with Crippen molar-refractivity contribution in [2.24, 2.45) is 0 Å². The van der Waals surface area contributed by atoms with Gasteiger partial charge in [-0.1, -0.05) is 6.92 Å². The van der Waals surface area contributed by atoms with Crippen LogP contribution in [0.5, 0.6) is 0 Å². The Morgan fingerprint density at radius 1 is 1.39 bits per heavy atom. The second-order valence-corrected chi connectivity index (χ2v) is 5.46. The average Bonchev–Trinajstić information content (AvgIpc) is 2.64. The summed E-state index contributed by atoms with van der Waals surface area (Å²) in [6, 6.07) is 0.155. The minimum Gasteiger partial charge on any atom is -0.309 e. The maximum absolute atomic E-state index is 12.1. The number of alkyl halides is 3. The molecule has 18 heavy (non-hydrogen) atoms. The normalized spacial score (nSPS) is 13.9. The first kappa shape index (κ1) is 15.4. The van der Waals surface area contributed by atoms with Crippen LogP contribution in [-0.2, 0) is 6.42 Å². The van der Waals surface area contributed by atoms with E-state index in [9.17, 15) is 13.2 Å². The molecule has 1 heterocycles. The van der Waals surface area contributed by atoms with E-state index < -0.39 is 12.6 Å². The Labute approximate surface area is 110 Å². The van der Waals surface area contributed by atoms with Gasteiger partial charge in [0.25, 0.3) is 0 Å². The highest BCUT2D eigenvalue weighted by atomic mass is 32.1. The van der Waals surface area contributed by atoms with Crippen LogP contribution in [0.4, 0.5) is 13.2 Å². The number of hydrogen-bond acceptors (Lipinski definition) is 3. The molecule has 0 saturated heterocycles. The highest BCUT2D eigenvalue weighted by molar-refractivity contribution is 7.11. The molecule has 1 aromatic heterocycles. The summed E-state index contributed by atoms with van der Waals surface area (Å²) >= 11 is 1.39. The van der Waals surface area contributed by atoms with E-state index in [1.54, 1.807) is 0 Å². The number of aryl methyl sites for hydroxylation is 2. The number of aromatic nitrogens is 1. The van der Waals surface area contributed by atoms with Crippen molar-refractivity contribution in [2.75, 3.05) is 6.54 Å². The lowest BCUT2D eigenvalue weighted by Crippen LogP contribution is -2.18. The first-order valence-electron chi connectivity index (χ1n) is 6.09. The number of rotatable bonds is 6. The van der Waals surface area contributed by atoms with Gasteiger partial charge in [0.1, 0.15) is 0 Å². The Bertz CT molecular complexity index is 374. The van der Waals surface area contributed by atoms with Gasteiger partial charge in [-0.05, 0) is 26.8 Å². The van der Waals surface area contributed by atoms with Crippen LogP contribution in [-0.4, -0.2) is 17.7 Å². The van der Waals surface area contributed by atoms with Crippen molar-refractivity contribution in [1.29, 1.82) is 0 Å². The summed E-state index contributed by atoms with van der Waals surface area (Å²) in [7, 11) is 0. The largest absolute Gasteiger partial charge is 0.389 e. The molecule has 0 aliphatic heterocycles. The zero-order valence-corrected chi connectivity index (χ0v) is 11.7. The zero-order chi connectivity index (χ0) is 13.8. The van der Waals surface area contributed by atoms with Gasteiger partial charge in [0, 0.05) is 23.8 Å². The second-order valence-electron chi connectivity index (χ2n) is 4.35. The number of thiazole rings is 1. The molecule has 0 bridgehead atoms. The zero-order valence-electron chi connectivity index (χ0n) is 10.9. The SMILES string of the molecule is CCCNC(C)c1sc(CCC(F)(F)F)nc1C. The standard InChI is InChI=1S/C12H19F3N2S/c1-4-7-16-8(2)11-9(3)17-10(18-11)5-6-12(13,14)15/h8,16H,4-7H2,1-3H3. The molecule has 0 fully saturated rings. The summed E-state index contributed by atoms with van der Waals surface area (Å²) < 4.78 is 36.4. The van der Waals surface area contributed by atoms with Crippen molar-refractivity contribution in [3.63, 3.8) is 0 Å². The first-order valence-corrected chi connectivity index (χ1v) is 6.91. The molecule has 1 unspecified atom stereocenters. The molecule has 0 aromatic carbocycles. The third-order valence-electron chi connectivity index (χ3n) is 2.59. The van der Waals surface area contributed by atoms with E-state index in [1.807, 2.05) is 13.8 Å². The average molecular weight is 280 g/mol. The number of halogens is 3. The minimum atomic E-state index is -4.11. The highest BCUT2D eigenvalue weighted by Crippen LogP contribution is 2.28.